The highest BCUT2D eigenvalue weighted by Crippen LogP contribution is 2.40. The van der Waals surface area contributed by atoms with Crippen LogP contribution in [0.25, 0.3) is 0 Å². The number of halogens is 3. The number of carbonyl (C=O) groups excluding carboxylic acids is 1. The van der Waals surface area contributed by atoms with Gasteiger partial charge in [0.25, 0.3) is 0 Å². The van der Waals surface area contributed by atoms with Gasteiger partial charge in [0.05, 0.1) is 5.75 Å². The summed E-state index contributed by atoms with van der Waals surface area (Å²) in [5, 5.41) is -0.352. The van der Waals surface area contributed by atoms with Gasteiger partial charge in [-0.25, -0.2) is 0 Å². The summed E-state index contributed by atoms with van der Waals surface area (Å²) in [5.74, 6) is -0.0628. The number of hydrogen-bond acceptors (Lipinski definition) is 4. The van der Waals surface area contributed by atoms with Crippen LogP contribution in [0.1, 0.15) is 16.5 Å². The summed E-state index contributed by atoms with van der Waals surface area (Å²) >= 11 is 1.38. The summed E-state index contributed by atoms with van der Waals surface area (Å²) in [6.45, 7) is 0.356. The molecule has 2 aromatic rings. The van der Waals surface area contributed by atoms with Gasteiger partial charge in [-0.2, -0.15) is 0 Å². The van der Waals surface area contributed by atoms with E-state index in [1.54, 1.807) is 29.4 Å². The number of alkyl halides is 3. The minimum absolute atomic E-state index is 0.0593. The molecule has 1 atom stereocenters. The zero-order valence-corrected chi connectivity index (χ0v) is 13.2. The van der Waals surface area contributed by atoms with E-state index in [1.807, 2.05) is 6.07 Å². The van der Waals surface area contributed by atoms with Crippen LogP contribution in [0, 0.1) is 0 Å². The third-order valence-electron chi connectivity index (χ3n) is 3.42. The zero-order chi connectivity index (χ0) is 17.2. The predicted octanol–water partition coefficient (Wildman–Crippen LogP) is 3.75. The Kier molecular flexibility index (Phi) is 4.66. The van der Waals surface area contributed by atoms with Crippen LogP contribution in [-0.4, -0.2) is 27.9 Å². The van der Waals surface area contributed by atoms with Crippen molar-refractivity contribution in [3.63, 3.8) is 0 Å². The van der Waals surface area contributed by atoms with Gasteiger partial charge in [-0.15, -0.1) is 24.9 Å². The Balaban J connectivity index is 1.82. The quantitative estimate of drug-likeness (QED) is 0.839. The van der Waals surface area contributed by atoms with Gasteiger partial charge in [0, 0.05) is 18.9 Å². The fourth-order valence-corrected chi connectivity index (χ4v) is 3.63. The highest BCUT2D eigenvalue weighted by atomic mass is 32.2. The maximum atomic E-state index is 12.4. The van der Waals surface area contributed by atoms with Crippen LogP contribution < -0.4 is 4.74 Å². The van der Waals surface area contributed by atoms with Crippen molar-refractivity contribution in [3.05, 3.63) is 59.9 Å². The summed E-state index contributed by atoms with van der Waals surface area (Å²) in [6, 6.07) is 9.36. The first-order valence-corrected chi connectivity index (χ1v) is 8.13. The minimum Gasteiger partial charge on any atom is -0.406 e. The molecule has 0 radical (unpaired) electrons. The van der Waals surface area contributed by atoms with Crippen molar-refractivity contribution in [2.75, 3.05) is 5.75 Å². The van der Waals surface area contributed by atoms with Crippen LogP contribution >= 0.6 is 11.8 Å². The molecule has 1 aliphatic heterocycles. The number of amides is 1. The number of rotatable bonds is 4. The van der Waals surface area contributed by atoms with E-state index in [1.165, 1.54) is 30.0 Å². The standard InChI is InChI=1S/C16H13F3N2O2S/c17-16(18,19)23-13-5-1-4-12(7-13)15-21(14(22)10-24-15)9-11-3-2-6-20-8-11/h1-8,15H,9-10H2. The third kappa shape index (κ3) is 4.00. The molecule has 0 aliphatic carbocycles. The van der Waals surface area contributed by atoms with Crippen LogP contribution in [-0.2, 0) is 11.3 Å². The van der Waals surface area contributed by atoms with Gasteiger partial charge >= 0.3 is 6.36 Å². The van der Waals surface area contributed by atoms with E-state index in [2.05, 4.69) is 9.72 Å². The van der Waals surface area contributed by atoms with Crippen molar-refractivity contribution in [3.8, 4) is 5.75 Å². The molecule has 0 spiro atoms. The Morgan fingerprint density at radius 2 is 2.12 bits per heavy atom. The van der Waals surface area contributed by atoms with E-state index in [9.17, 15) is 18.0 Å². The molecule has 1 aromatic carbocycles. The zero-order valence-electron chi connectivity index (χ0n) is 12.4. The fraction of sp³-hybridized carbons (Fsp3) is 0.250. The molecule has 8 heteroatoms. The SMILES string of the molecule is O=C1CSC(c2cccc(OC(F)(F)F)c2)N1Cc1cccnc1. The average molecular weight is 354 g/mol. The van der Waals surface area contributed by atoms with E-state index in [-0.39, 0.29) is 22.8 Å². The first kappa shape index (κ1) is 16.6. The summed E-state index contributed by atoms with van der Waals surface area (Å²) in [6.07, 6.45) is -1.44. The van der Waals surface area contributed by atoms with E-state index in [0.29, 0.717) is 12.1 Å². The molecule has 1 unspecified atom stereocenters. The second-order valence-electron chi connectivity index (χ2n) is 5.17. The van der Waals surface area contributed by atoms with Crippen LogP contribution in [0.2, 0.25) is 0 Å². The van der Waals surface area contributed by atoms with Crippen molar-refractivity contribution in [1.82, 2.24) is 9.88 Å². The van der Waals surface area contributed by atoms with Gasteiger partial charge in [0.1, 0.15) is 11.1 Å². The molecule has 1 amide bonds. The Morgan fingerprint density at radius 3 is 2.83 bits per heavy atom. The molecule has 1 aliphatic rings. The number of carbonyl (C=O) groups is 1. The first-order valence-electron chi connectivity index (χ1n) is 7.08. The lowest BCUT2D eigenvalue weighted by atomic mass is 10.1. The van der Waals surface area contributed by atoms with Crippen molar-refractivity contribution in [2.24, 2.45) is 0 Å². The number of pyridine rings is 1. The molecular weight excluding hydrogens is 341 g/mol. The van der Waals surface area contributed by atoms with Crippen molar-refractivity contribution < 1.29 is 22.7 Å². The Labute approximate surface area is 140 Å². The second-order valence-corrected chi connectivity index (χ2v) is 6.24. The molecule has 0 N–H and O–H groups in total. The molecular formula is C16H13F3N2O2S. The number of thioether (sulfide) groups is 1. The molecule has 0 saturated carbocycles. The highest BCUT2D eigenvalue weighted by molar-refractivity contribution is 8.00. The summed E-state index contributed by atoms with van der Waals surface area (Å²) in [5.41, 5.74) is 1.46. The summed E-state index contributed by atoms with van der Waals surface area (Å²) in [7, 11) is 0. The normalized spacial score (nSPS) is 18.0. The van der Waals surface area contributed by atoms with Gasteiger partial charge in [-0.3, -0.25) is 9.78 Å². The first-order chi connectivity index (χ1) is 11.4. The lowest BCUT2D eigenvalue weighted by Crippen LogP contribution is -2.27. The molecule has 1 saturated heterocycles. The number of nitrogens with zero attached hydrogens (tertiary/aromatic N) is 2. The van der Waals surface area contributed by atoms with E-state index >= 15 is 0 Å². The molecule has 3 rings (SSSR count). The van der Waals surface area contributed by atoms with Gasteiger partial charge in [0.15, 0.2) is 0 Å². The Hall–Kier alpha value is -2.22. The van der Waals surface area contributed by atoms with Crippen molar-refractivity contribution in [1.29, 1.82) is 0 Å². The van der Waals surface area contributed by atoms with Crippen LogP contribution in [0.15, 0.2) is 48.8 Å². The topological polar surface area (TPSA) is 42.4 Å². The Bertz CT molecular complexity index is 725. The Morgan fingerprint density at radius 1 is 1.29 bits per heavy atom. The molecule has 0 bridgehead atoms. The van der Waals surface area contributed by atoms with E-state index < -0.39 is 6.36 Å². The molecule has 126 valence electrons. The van der Waals surface area contributed by atoms with Crippen LogP contribution in [0.3, 0.4) is 0 Å². The van der Waals surface area contributed by atoms with Crippen molar-refractivity contribution >= 4 is 17.7 Å². The van der Waals surface area contributed by atoms with Crippen molar-refractivity contribution in [2.45, 2.75) is 18.3 Å². The fourth-order valence-electron chi connectivity index (χ4n) is 2.45. The van der Waals surface area contributed by atoms with Gasteiger partial charge < -0.3 is 9.64 Å². The lowest BCUT2D eigenvalue weighted by Gasteiger charge is -2.24. The number of aromatic nitrogens is 1. The van der Waals surface area contributed by atoms with E-state index in [0.717, 1.165) is 5.56 Å². The molecule has 24 heavy (non-hydrogen) atoms. The summed E-state index contributed by atoms with van der Waals surface area (Å²) < 4.78 is 41.1. The van der Waals surface area contributed by atoms with Gasteiger partial charge in [0.2, 0.25) is 5.91 Å². The van der Waals surface area contributed by atoms with Crippen LogP contribution in [0.5, 0.6) is 5.75 Å². The number of benzene rings is 1. The highest BCUT2D eigenvalue weighted by Gasteiger charge is 2.34. The lowest BCUT2D eigenvalue weighted by molar-refractivity contribution is -0.274. The smallest absolute Gasteiger partial charge is 0.406 e. The molecule has 2 heterocycles. The molecule has 1 fully saturated rings. The molecule has 1 aromatic heterocycles. The van der Waals surface area contributed by atoms with E-state index in [4.69, 9.17) is 0 Å². The van der Waals surface area contributed by atoms with Gasteiger partial charge in [-0.05, 0) is 29.3 Å². The average Bonchev–Trinajstić information content (AvgIpc) is 2.88. The van der Waals surface area contributed by atoms with Gasteiger partial charge in [-0.1, -0.05) is 18.2 Å². The monoisotopic (exact) mass is 354 g/mol. The van der Waals surface area contributed by atoms with Crippen LogP contribution in [0.4, 0.5) is 13.2 Å². The summed E-state index contributed by atoms with van der Waals surface area (Å²) in [4.78, 5) is 17.8. The number of hydrogen-bond donors (Lipinski definition) is 0. The second kappa shape index (κ2) is 6.72. The maximum Gasteiger partial charge on any atom is 0.573 e. The minimum atomic E-state index is -4.74. The molecule has 4 nitrogen and oxygen atoms in total. The maximum absolute atomic E-state index is 12.4. The third-order valence-corrected chi connectivity index (χ3v) is 4.68. The largest absolute Gasteiger partial charge is 0.573 e. The predicted molar refractivity (Wildman–Crippen MR) is 83.1 cm³/mol. The number of ether oxygens (including phenoxy) is 1.